The van der Waals surface area contributed by atoms with Crippen molar-refractivity contribution in [2.75, 3.05) is 25.0 Å². The summed E-state index contributed by atoms with van der Waals surface area (Å²) >= 11 is 0. The summed E-state index contributed by atoms with van der Waals surface area (Å²) in [7, 11) is 0. The van der Waals surface area contributed by atoms with Crippen molar-refractivity contribution in [3.8, 4) is 5.88 Å². The van der Waals surface area contributed by atoms with Gasteiger partial charge in [-0.25, -0.2) is 8.78 Å². The van der Waals surface area contributed by atoms with Gasteiger partial charge in [-0.15, -0.1) is 10.2 Å². The van der Waals surface area contributed by atoms with Crippen molar-refractivity contribution in [3.05, 3.63) is 46.4 Å². The van der Waals surface area contributed by atoms with Gasteiger partial charge >= 0.3 is 6.18 Å². The lowest BCUT2D eigenvalue weighted by atomic mass is 9.87. The molecule has 13 heteroatoms. The van der Waals surface area contributed by atoms with E-state index in [1.807, 2.05) is 0 Å². The second-order valence-corrected chi connectivity index (χ2v) is 9.28. The Bertz CT molecular complexity index is 1130. The lowest BCUT2D eigenvalue weighted by Gasteiger charge is -2.40. The van der Waals surface area contributed by atoms with Gasteiger partial charge in [0.05, 0.1) is 18.6 Å². The number of pyridine rings is 1. The topological polar surface area (TPSA) is 89.3 Å². The fraction of sp³-hybridized carbons (Fsp3) is 0.565. The molecule has 0 spiro atoms. The van der Waals surface area contributed by atoms with Crippen molar-refractivity contribution >= 4 is 11.7 Å². The highest BCUT2D eigenvalue weighted by Gasteiger charge is 2.46. The molecule has 1 aliphatic carbocycles. The molecule has 0 aromatic carbocycles. The van der Waals surface area contributed by atoms with Crippen LogP contribution in [0.2, 0.25) is 0 Å². The number of halogens is 5. The number of hydrogen-bond donors (Lipinski definition) is 1. The number of piperidine rings is 1. The summed E-state index contributed by atoms with van der Waals surface area (Å²) in [4.78, 5) is 26.1. The van der Waals surface area contributed by atoms with Crippen molar-refractivity contribution in [1.82, 2.24) is 19.7 Å². The molecule has 2 aromatic rings. The third-order valence-electron chi connectivity index (χ3n) is 6.40. The highest BCUT2D eigenvalue weighted by molar-refractivity contribution is 5.93. The van der Waals surface area contributed by atoms with Crippen molar-refractivity contribution < 1.29 is 31.5 Å². The van der Waals surface area contributed by atoms with Crippen LogP contribution in [0, 0.1) is 5.92 Å². The molecule has 1 saturated carbocycles. The summed E-state index contributed by atoms with van der Waals surface area (Å²) in [6, 6.07) is 4.23. The quantitative estimate of drug-likeness (QED) is 0.542. The van der Waals surface area contributed by atoms with Crippen LogP contribution in [0.25, 0.3) is 0 Å². The molecule has 4 rings (SSSR count). The average Bonchev–Trinajstić information content (AvgIpc) is 3.63. The van der Waals surface area contributed by atoms with Crippen LogP contribution in [0.3, 0.4) is 0 Å². The Morgan fingerprint density at radius 1 is 1.22 bits per heavy atom. The molecule has 1 amide bonds. The zero-order valence-electron chi connectivity index (χ0n) is 19.5. The lowest BCUT2D eigenvalue weighted by Crippen LogP contribution is -2.52. The van der Waals surface area contributed by atoms with Crippen LogP contribution in [0.1, 0.15) is 37.7 Å². The van der Waals surface area contributed by atoms with Crippen molar-refractivity contribution in [1.29, 1.82) is 0 Å². The third kappa shape index (κ3) is 6.56. The number of alkyl halides is 5. The maximum atomic E-state index is 14.8. The van der Waals surface area contributed by atoms with Crippen LogP contribution in [-0.2, 0) is 11.3 Å². The van der Waals surface area contributed by atoms with E-state index in [-0.39, 0.29) is 24.5 Å². The van der Waals surface area contributed by atoms with Gasteiger partial charge in [0.2, 0.25) is 11.8 Å². The van der Waals surface area contributed by atoms with E-state index in [2.05, 4.69) is 15.5 Å². The van der Waals surface area contributed by atoms with E-state index in [1.54, 1.807) is 13.0 Å². The Labute approximate surface area is 203 Å². The first-order chi connectivity index (χ1) is 16.9. The molecule has 196 valence electrons. The minimum absolute atomic E-state index is 0.0973. The number of carbonyl (C=O) groups is 1. The Morgan fingerprint density at radius 3 is 2.61 bits per heavy atom. The van der Waals surface area contributed by atoms with E-state index < -0.39 is 48.5 Å². The van der Waals surface area contributed by atoms with Crippen molar-refractivity contribution in [2.24, 2.45) is 5.92 Å². The predicted octanol–water partition coefficient (Wildman–Crippen LogP) is 3.44. The number of anilines is 1. The van der Waals surface area contributed by atoms with Crippen LogP contribution in [0.15, 0.2) is 35.3 Å². The molecule has 8 nitrogen and oxygen atoms in total. The molecule has 0 radical (unpaired) electrons. The first-order valence-corrected chi connectivity index (χ1v) is 11.6. The molecule has 3 heterocycles. The highest BCUT2D eigenvalue weighted by atomic mass is 19.4. The monoisotopic (exact) mass is 515 g/mol. The van der Waals surface area contributed by atoms with Gasteiger partial charge in [-0.1, -0.05) is 6.07 Å². The Kier molecular flexibility index (Phi) is 7.30. The van der Waals surface area contributed by atoms with Crippen LogP contribution in [0.5, 0.6) is 5.88 Å². The van der Waals surface area contributed by atoms with E-state index in [9.17, 15) is 31.5 Å². The zero-order valence-corrected chi connectivity index (χ0v) is 19.5. The van der Waals surface area contributed by atoms with Gasteiger partial charge in [-0.3, -0.25) is 14.5 Å². The second-order valence-electron chi connectivity index (χ2n) is 9.28. The number of rotatable bonds is 8. The first kappa shape index (κ1) is 26.0. The Hall–Kier alpha value is -3.09. The normalized spacial score (nSPS) is 21.1. The standard InChI is InChI=1S/C23H26F5N5O3/c1-14(21(35)29-18-5-6-19(31-30-18)36-12-15-2-3-15)32-9-8-22(24,25)17(11-32)16-4-7-20(34)33(10-16)13-23(26,27)28/h4-7,10,14-15,17H,2-3,8-9,11-13H2,1H3,(H,29,30,35)/t14-,17+/m0/s1. The van der Waals surface area contributed by atoms with E-state index in [0.29, 0.717) is 23.0 Å². The van der Waals surface area contributed by atoms with Crippen molar-refractivity contribution in [3.63, 3.8) is 0 Å². The molecule has 1 saturated heterocycles. The second kappa shape index (κ2) is 10.1. The molecule has 1 N–H and O–H groups in total. The Morgan fingerprint density at radius 2 is 1.97 bits per heavy atom. The largest absolute Gasteiger partial charge is 0.476 e. The van der Waals surface area contributed by atoms with Crippen LogP contribution < -0.4 is 15.6 Å². The number of ether oxygens (including phenoxy) is 1. The van der Waals surface area contributed by atoms with E-state index in [1.165, 1.54) is 11.0 Å². The SMILES string of the molecule is C[C@@H](C(=O)Nc1ccc(OCC2CC2)nn1)N1CCC(F)(F)[C@@H](c2ccc(=O)n(CC(F)(F)F)c2)C1. The zero-order chi connectivity index (χ0) is 26.1. The fourth-order valence-electron chi connectivity index (χ4n) is 4.05. The number of nitrogens with zero attached hydrogens (tertiary/aromatic N) is 4. The number of hydrogen-bond acceptors (Lipinski definition) is 6. The molecule has 2 atom stereocenters. The lowest BCUT2D eigenvalue weighted by molar-refractivity contribution is -0.141. The number of aromatic nitrogens is 3. The van der Waals surface area contributed by atoms with Crippen molar-refractivity contribution in [2.45, 2.75) is 56.8 Å². The predicted molar refractivity (Wildman–Crippen MR) is 119 cm³/mol. The molecular formula is C23H26F5N5O3. The van der Waals surface area contributed by atoms with E-state index >= 15 is 0 Å². The molecule has 2 fully saturated rings. The van der Waals surface area contributed by atoms with Crippen LogP contribution in [0.4, 0.5) is 27.8 Å². The molecule has 0 bridgehead atoms. The third-order valence-corrected chi connectivity index (χ3v) is 6.40. The van der Waals surface area contributed by atoms with Gasteiger partial charge in [-0.2, -0.15) is 13.2 Å². The maximum Gasteiger partial charge on any atom is 0.406 e. The van der Waals surface area contributed by atoms with Gasteiger partial charge in [0.1, 0.15) is 6.54 Å². The summed E-state index contributed by atoms with van der Waals surface area (Å²) in [6.07, 6.45) is -2.20. The van der Waals surface area contributed by atoms with Crippen LogP contribution >= 0.6 is 0 Å². The number of likely N-dealkylation sites (tertiary alicyclic amines) is 1. The number of amides is 1. The molecule has 1 aliphatic heterocycles. The van der Waals surface area contributed by atoms with Gasteiger partial charge < -0.3 is 14.6 Å². The summed E-state index contributed by atoms with van der Waals surface area (Å²) in [5.74, 6) is -4.17. The molecule has 36 heavy (non-hydrogen) atoms. The molecular weight excluding hydrogens is 489 g/mol. The van der Waals surface area contributed by atoms with Gasteiger partial charge in [0.25, 0.3) is 11.5 Å². The van der Waals surface area contributed by atoms with Gasteiger partial charge in [0, 0.05) is 37.8 Å². The number of nitrogens with one attached hydrogen (secondary N) is 1. The summed E-state index contributed by atoms with van der Waals surface area (Å²) < 4.78 is 73.9. The molecule has 2 aromatic heterocycles. The fourth-order valence-corrected chi connectivity index (χ4v) is 4.05. The first-order valence-electron chi connectivity index (χ1n) is 11.6. The minimum atomic E-state index is -4.68. The number of carbonyl (C=O) groups excluding carboxylic acids is 1. The molecule has 2 aliphatic rings. The summed E-state index contributed by atoms with van der Waals surface area (Å²) in [5.41, 5.74) is -1.04. The summed E-state index contributed by atoms with van der Waals surface area (Å²) in [6.45, 7) is 0.143. The maximum absolute atomic E-state index is 14.8. The van der Waals surface area contributed by atoms with E-state index in [0.717, 1.165) is 31.2 Å². The smallest absolute Gasteiger partial charge is 0.406 e. The minimum Gasteiger partial charge on any atom is -0.476 e. The summed E-state index contributed by atoms with van der Waals surface area (Å²) in [5, 5.41) is 10.4. The average molecular weight is 515 g/mol. The highest BCUT2D eigenvalue weighted by Crippen LogP contribution is 2.40. The molecule has 0 unspecified atom stereocenters. The van der Waals surface area contributed by atoms with Gasteiger partial charge in [-0.05, 0) is 37.3 Å². The van der Waals surface area contributed by atoms with Crippen LogP contribution in [-0.4, -0.2) is 63.4 Å². The van der Waals surface area contributed by atoms with Gasteiger partial charge in [0.15, 0.2) is 5.82 Å². The van der Waals surface area contributed by atoms with E-state index in [4.69, 9.17) is 4.74 Å². The Balaban J connectivity index is 1.42.